The van der Waals surface area contributed by atoms with Gasteiger partial charge in [0.2, 0.25) is 0 Å². The minimum absolute atomic E-state index is 0.258. The van der Waals surface area contributed by atoms with E-state index in [1.807, 2.05) is 48.5 Å². The van der Waals surface area contributed by atoms with Gasteiger partial charge in [-0.2, -0.15) is 0 Å². The van der Waals surface area contributed by atoms with E-state index in [-0.39, 0.29) is 6.10 Å². The van der Waals surface area contributed by atoms with E-state index in [9.17, 15) is 0 Å². The second-order valence-electron chi connectivity index (χ2n) is 5.94. The Morgan fingerprint density at radius 1 is 1.12 bits per heavy atom. The molecule has 1 saturated heterocycles. The van der Waals surface area contributed by atoms with E-state index in [2.05, 4.69) is 10.3 Å². The number of para-hydroxylation sites is 1. The number of nitrogens with zero attached hydrogens (tertiary/aromatic N) is 2. The Balaban J connectivity index is 1.72. The predicted octanol–water partition coefficient (Wildman–Crippen LogP) is 4.54. The summed E-state index contributed by atoms with van der Waals surface area (Å²) in [4.78, 5) is 9.42. The molecular formula is C19H18ClN3O. The van der Waals surface area contributed by atoms with Gasteiger partial charge in [-0.3, -0.25) is 0 Å². The summed E-state index contributed by atoms with van der Waals surface area (Å²) in [5.41, 5.74) is 1.82. The van der Waals surface area contributed by atoms with Crippen molar-refractivity contribution in [3.8, 4) is 11.4 Å². The molecule has 1 aromatic heterocycles. The first-order chi connectivity index (χ1) is 11.8. The summed E-state index contributed by atoms with van der Waals surface area (Å²) in [7, 11) is 0. The molecule has 0 amide bonds. The SMILES string of the molecule is Clc1cccc(-c2nc(NC[C@H]3CCCO3)c3ccccc3n2)c1. The van der Waals surface area contributed by atoms with E-state index in [1.165, 1.54) is 0 Å². The quantitative estimate of drug-likeness (QED) is 0.758. The lowest BCUT2D eigenvalue weighted by atomic mass is 10.1. The first kappa shape index (κ1) is 15.4. The Kier molecular flexibility index (Phi) is 4.32. The highest BCUT2D eigenvalue weighted by atomic mass is 35.5. The molecule has 4 rings (SSSR count). The molecule has 5 heteroatoms. The Hall–Kier alpha value is -2.17. The van der Waals surface area contributed by atoms with Crippen LogP contribution in [0.3, 0.4) is 0 Å². The minimum Gasteiger partial charge on any atom is -0.376 e. The van der Waals surface area contributed by atoms with Crippen molar-refractivity contribution in [1.29, 1.82) is 0 Å². The molecule has 2 heterocycles. The monoisotopic (exact) mass is 339 g/mol. The molecule has 0 unspecified atom stereocenters. The molecule has 0 bridgehead atoms. The Bertz CT molecular complexity index is 862. The first-order valence-electron chi connectivity index (χ1n) is 8.18. The number of anilines is 1. The van der Waals surface area contributed by atoms with E-state index in [0.717, 1.165) is 48.3 Å². The fourth-order valence-electron chi connectivity index (χ4n) is 2.98. The van der Waals surface area contributed by atoms with E-state index >= 15 is 0 Å². The Morgan fingerprint density at radius 3 is 2.88 bits per heavy atom. The first-order valence-corrected chi connectivity index (χ1v) is 8.55. The van der Waals surface area contributed by atoms with Gasteiger partial charge in [0.25, 0.3) is 0 Å². The summed E-state index contributed by atoms with van der Waals surface area (Å²) in [6.45, 7) is 1.61. The van der Waals surface area contributed by atoms with Gasteiger partial charge < -0.3 is 10.1 Å². The van der Waals surface area contributed by atoms with E-state index < -0.39 is 0 Å². The number of ether oxygens (including phenoxy) is 1. The third-order valence-electron chi connectivity index (χ3n) is 4.21. The van der Waals surface area contributed by atoms with Gasteiger partial charge in [0.05, 0.1) is 11.6 Å². The van der Waals surface area contributed by atoms with Crippen LogP contribution in [0.25, 0.3) is 22.3 Å². The van der Waals surface area contributed by atoms with Gasteiger partial charge in [-0.05, 0) is 37.1 Å². The van der Waals surface area contributed by atoms with Crippen LogP contribution in [0.15, 0.2) is 48.5 Å². The van der Waals surface area contributed by atoms with Crippen molar-refractivity contribution < 1.29 is 4.74 Å². The number of hydrogen-bond donors (Lipinski definition) is 1. The van der Waals surface area contributed by atoms with Crippen LogP contribution in [0.1, 0.15) is 12.8 Å². The van der Waals surface area contributed by atoms with Crippen molar-refractivity contribution >= 4 is 28.3 Å². The number of halogens is 1. The number of rotatable bonds is 4. The van der Waals surface area contributed by atoms with E-state index in [4.69, 9.17) is 21.3 Å². The summed E-state index contributed by atoms with van der Waals surface area (Å²) < 4.78 is 5.69. The third-order valence-corrected chi connectivity index (χ3v) is 4.44. The zero-order valence-corrected chi connectivity index (χ0v) is 14.0. The topological polar surface area (TPSA) is 47.0 Å². The normalized spacial score (nSPS) is 17.3. The molecule has 0 radical (unpaired) electrons. The average molecular weight is 340 g/mol. The minimum atomic E-state index is 0.258. The highest BCUT2D eigenvalue weighted by Crippen LogP contribution is 2.26. The number of nitrogens with one attached hydrogen (secondary N) is 1. The summed E-state index contributed by atoms with van der Waals surface area (Å²) in [5.74, 6) is 1.51. The van der Waals surface area contributed by atoms with Crippen molar-refractivity contribution in [2.75, 3.05) is 18.5 Å². The van der Waals surface area contributed by atoms with Gasteiger partial charge in [0.15, 0.2) is 5.82 Å². The van der Waals surface area contributed by atoms with Crippen molar-refractivity contribution in [2.24, 2.45) is 0 Å². The Morgan fingerprint density at radius 2 is 2.04 bits per heavy atom. The highest BCUT2D eigenvalue weighted by Gasteiger charge is 2.16. The van der Waals surface area contributed by atoms with E-state index in [0.29, 0.717) is 10.8 Å². The number of fused-ring (bicyclic) bond motifs is 1. The molecule has 0 aliphatic carbocycles. The lowest BCUT2D eigenvalue weighted by molar-refractivity contribution is 0.120. The van der Waals surface area contributed by atoms with Crippen molar-refractivity contribution in [3.05, 3.63) is 53.6 Å². The van der Waals surface area contributed by atoms with Crippen molar-refractivity contribution in [1.82, 2.24) is 9.97 Å². The van der Waals surface area contributed by atoms with Crippen molar-refractivity contribution in [2.45, 2.75) is 18.9 Å². The number of hydrogen-bond acceptors (Lipinski definition) is 4. The molecular weight excluding hydrogens is 322 g/mol. The molecule has 4 nitrogen and oxygen atoms in total. The lowest BCUT2D eigenvalue weighted by Crippen LogP contribution is -2.19. The Labute approximate surface area is 145 Å². The fraction of sp³-hybridized carbons (Fsp3) is 0.263. The van der Waals surface area contributed by atoms with Crippen LogP contribution in [-0.4, -0.2) is 29.2 Å². The number of benzene rings is 2. The van der Waals surface area contributed by atoms with Gasteiger partial charge in [-0.25, -0.2) is 9.97 Å². The number of aromatic nitrogens is 2. The molecule has 24 heavy (non-hydrogen) atoms. The van der Waals surface area contributed by atoms with Crippen LogP contribution < -0.4 is 5.32 Å². The molecule has 0 saturated carbocycles. The molecule has 1 fully saturated rings. The third kappa shape index (κ3) is 3.21. The molecule has 2 aromatic carbocycles. The van der Waals surface area contributed by atoms with Gasteiger partial charge in [-0.1, -0.05) is 35.9 Å². The predicted molar refractivity (Wildman–Crippen MR) is 97.4 cm³/mol. The summed E-state index contributed by atoms with van der Waals surface area (Å²) in [6, 6.07) is 15.6. The maximum atomic E-state index is 6.11. The summed E-state index contributed by atoms with van der Waals surface area (Å²) in [5, 5.41) is 5.14. The molecule has 3 aromatic rings. The lowest BCUT2D eigenvalue weighted by Gasteiger charge is -2.14. The maximum Gasteiger partial charge on any atom is 0.162 e. The van der Waals surface area contributed by atoms with Crippen LogP contribution in [-0.2, 0) is 4.74 Å². The average Bonchev–Trinajstić information content (AvgIpc) is 3.13. The molecule has 1 atom stereocenters. The van der Waals surface area contributed by atoms with Gasteiger partial charge >= 0.3 is 0 Å². The summed E-state index contributed by atoms with van der Waals surface area (Å²) in [6.07, 6.45) is 2.48. The van der Waals surface area contributed by atoms with Gasteiger partial charge in [0.1, 0.15) is 5.82 Å². The van der Waals surface area contributed by atoms with Crippen LogP contribution in [0.4, 0.5) is 5.82 Å². The van der Waals surface area contributed by atoms with Gasteiger partial charge in [0, 0.05) is 29.1 Å². The van der Waals surface area contributed by atoms with Crippen LogP contribution in [0, 0.1) is 0 Å². The maximum absolute atomic E-state index is 6.11. The molecule has 0 spiro atoms. The molecule has 1 aliphatic heterocycles. The largest absolute Gasteiger partial charge is 0.376 e. The molecule has 122 valence electrons. The molecule has 1 aliphatic rings. The second kappa shape index (κ2) is 6.75. The summed E-state index contributed by atoms with van der Waals surface area (Å²) >= 11 is 6.11. The second-order valence-corrected chi connectivity index (χ2v) is 6.38. The zero-order valence-electron chi connectivity index (χ0n) is 13.2. The fourth-order valence-corrected chi connectivity index (χ4v) is 3.17. The van der Waals surface area contributed by atoms with Crippen LogP contribution >= 0.6 is 11.6 Å². The standard InChI is InChI=1S/C19H18ClN3O/c20-14-6-3-5-13(11-14)18-22-17-9-2-1-8-16(17)19(23-18)21-12-15-7-4-10-24-15/h1-3,5-6,8-9,11,15H,4,7,10,12H2,(H,21,22,23)/t15-/m1/s1. The van der Waals surface area contributed by atoms with Gasteiger partial charge in [-0.15, -0.1) is 0 Å². The smallest absolute Gasteiger partial charge is 0.162 e. The highest BCUT2D eigenvalue weighted by molar-refractivity contribution is 6.30. The van der Waals surface area contributed by atoms with Crippen LogP contribution in [0.5, 0.6) is 0 Å². The van der Waals surface area contributed by atoms with Crippen molar-refractivity contribution in [3.63, 3.8) is 0 Å². The molecule has 1 N–H and O–H groups in total. The zero-order chi connectivity index (χ0) is 16.4. The van der Waals surface area contributed by atoms with E-state index in [1.54, 1.807) is 0 Å². The van der Waals surface area contributed by atoms with Crippen LogP contribution in [0.2, 0.25) is 5.02 Å².